The number of benzene rings is 5. The van der Waals surface area contributed by atoms with Gasteiger partial charge >= 0.3 is 12.4 Å². The van der Waals surface area contributed by atoms with Gasteiger partial charge in [0, 0.05) is 0 Å². The lowest BCUT2D eigenvalue weighted by Crippen LogP contribution is -2.54. The van der Waals surface area contributed by atoms with Crippen LogP contribution in [-0.4, -0.2) is 12.4 Å². The molecule has 0 amide bonds. The summed E-state index contributed by atoms with van der Waals surface area (Å²) in [6, 6.07) is 9.65. The second-order valence-electron chi connectivity index (χ2n) is 11.1. The van der Waals surface area contributed by atoms with E-state index in [9.17, 15) is 35.1 Å². The van der Waals surface area contributed by atoms with Crippen LogP contribution < -0.4 is 9.47 Å². The Labute approximate surface area is 278 Å². The quantitative estimate of drug-likeness (QED) is 0.122. The molecule has 5 rings (SSSR count). The van der Waals surface area contributed by atoms with E-state index in [1.54, 1.807) is 0 Å². The van der Waals surface area contributed by atoms with Gasteiger partial charge in [0.15, 0.2) is 23.3 Å². The second kappa shape index (κ2) is 13.1. The maximum Gasteiger partial charge on any atom is 0.411 e. The number of rotatable bonds is 7. The highest BCUT2D eigenvalue weighted by molar-refractivity contribution is 5.69. The van der Waals surface area contributed by atoms with Crippen molar-refractivity contribution >= 4 is 0 Å². The van der Waals surface area contributed by atoms with Gasteiger partial charge in [-0.2, -0.15) is 43.9 Å². The molecule has 5 aromatic rings. The van der Waals surface area contributed by atoms with Crippen LogP contribution in [-0.2, 0) is 5.41 Å². The molecule has 0 spiro atoms. The minimum Gasteiger partial charge on any atom is -0.451 e. The number of hydrogen-bond donors (Lipinski definition) is 0. The minimum absolute atomic E-state index is 0.240. The molecule has 5 aromatic carbocycles. The average molecular weight is 736 g/mol. The fraction of sp³-hybridized carbons (Fsp3) is 0.143. The van der Waals surface area contributed by atoms with Gasteiger partial charge in [0.1, 0.15) is 11.5 Å². The molecule has 0 radical (unpaired) electrons. The molecule has 0 unspecified atom stereocenters. The summed E-state index contributed by atoms with van der Waals surface area (Å²) in [5.74, 6) is -25.1. The monoisotopic (exact) mass is 736 g/mol. The van der Waals surface area contributed by atoms with Crippen LogP contribution in [0.4, 0.5) is 61.5 Å². The summed E-state index contributed by atoms with van der Waals surface area (Å²) < 4.78 is 216. The van der Waals surface area contributed by atoms with Gasteiger partial charge in [0.05, 0.1) is 11.1 Å². The molecule has 51 heavy (non-hydrogen) atoms. The van der Waals surface area contributed by atoms with Gasteiger partial charge < -0.3 is 9.47 Å². The van der Waals surface area contributed by atoms with Gasteiger partial charge in [-0.15, -0.1) is 0 Å². The third-order valence-electron chi connectivity index (χ3n) is 7.75. The van der Waals surface area contributed by atoms with Gasteiger partial charge in [0.25, 0.3) is 0 Å². The molecule has 16 heteroatoms. The lowest BCUT2D eigenvalue weighted by atomic mass is 9.72. The van der Waals surface area contributed by atoms with Crippen molar-refractivity contribution in [3.05, 3.63) is 142 Å². The van der Waals surface area contributed by atoms with Crippen LogP contribution in [0.25, 0.3) is 11.1 Å². The highest BCUT2D eigenvalue weighted by Crippen LogP contribution is 2.56. The van der Waals surface area contributed by atoms with Crippen molar-refractivity contribution in [2.24, 2.45) is 0 Å². The van der Waals surface area contributed by atoms with E-state index in [1.165, 1.54) is 32.0 Å². The predicted molar refractivity (Wildman–Crippen MR) is 153 cm³/mol. The van der Waals surface area contributed by atoms with E-state index in [1.807, 2.05) is 0 Å². The highest BCUT2D eigenvalue weighted by Gasteiger charge is 2.72. The molecule has 0 fully saturated rings. The maximum absolute atomic E-state index is 15.2. The Hall–Kier alpha value is -5.28. The van der Waals surface area contributed by atoms with Crippen molar-refractivity contribution in [1.29, 1.82) is 0 Å². The zero-order chi connectivity index (χ0) is 37.8. The first kappa shape index (κ1) is 37.0. The summed E-state index contributed by atoms with van der Waals surface area (Å²) in [6.07, 6.45) is -12.0. The molecule has 0 saturated carbocycles. The molecule has 0 bridgehead atoms. The maximum atomic E-state index is 15.2. The van der Waals surface area contributed by atoms with Gasteiger partial charge in [-0.25, -0.2) is 17.6 Å². The molecule has 2 nitrogen and oxygen atoms in total. The molecular formula is C35H18F14O2. The zero-order valence-electron chi connectivity index (χ0n) is 25.5. The van der Waals surface area contributed by atoms with Crippen LogP contribution >= 0.6 is 0 Å². The third-order valence-corrected chi connectivity index (χ3v) is 7.75. The van der Waals surface area contributed by atoms with E-state index in [0.717, 1.165) is 18.2 Å². The summed E-state index contributed by atoms with van der Waals surface area (Å²) in [5, 5.41) is 0. The SMILES string of the molecule is Cc1ccc(C(c2ccc(Oc3c(F)c(F)c(-c4c(F)c(F)c(Oc5cccc(C)c5)c(F)c4F)c(F)c3F)cc2)(C(F)(F)F)C(F)(F)F)cc1. The van der Waals surface area contributed by atoms with Crippen molar-refractivity contribution < 1.29 is 70.9 Å². The summed E-state index contributed by atoms with van der Waals surface area (Å²) >= 11 is 0. The summed E-state index contributed by atoms with van der Waals surface area (Å²) in [5.41, 5.74) is -11.0. The smallest absolute Gasteiger partial charge is 0.411 e. The molecule has 0 aliphatic carbocycles. The Morgan fingerprint density at radius 3 is 1.16 bits per heavy atom. The van der Waals surface area contributed by atoms with Gasteiger partial charge in [0.2, 0.25) is 40.2 Å². The number of halogens is 14. The lowest BCUT2D eigenvalue weighted by molar-refractivity contribution is -0.288. The second-order valence-corrected chi connectivity index (χ2v) is 11.1. The van der Waals surface area contributed by atoms with Crippen LogP contribution in [0.5, 0.6) is 23.0 Å². The Morgan fingerprint density at radius 2 is 0.784 bits per heavy atom. The zero-order valence-corrected chi connectivity index (χ0v) is 25.5. The third kappa shape index (κ3) is 6.20. The van der Waals surface area contributed by atoms with Gasteiger partial charge in [-0.3, -0.25) is 0 Å². The highest BCUT2D eigenvalue weighted by atomic mass is 19.4. The van der Waals surface area contributed by atoms with Gasteiger partial charge in [-0.1, -0.05) is 54.1 Å². The molecule has 268 valence electrons. The largest absolute Gasteiger partial charge is 0.451 e. The van der Waals surface area contributed by atoms with Crippen LogP contribution in [0.15, 0.2) is 72.8 Å². The van der Waals surface area contributed by atoms with E-state index < -0.39 is 104 Å². The number of alkyl halides is 6. The van der Waals surface area contributed by atoms with E-state index in [2.05, 4.69) is 0 Å². The summed E-state index contributed by atoms with van der Waals surface area (Å²) in [4.78, 5) is 0. The Bertz CT molecular complexity index is 2050. The molecule has 0 heterocycles. The average Bonchev–Trinajstić information content (AvgIpc) is 3.05. The fourth-order valence-electron chi connectivity index (χ4n) is 5.31. The predicted octanol–water partition coefficient (Wildman–Crippen LogP) is 12.1. The van der Waals surface area contributed by atoms with Crippen molar-refractivity contribution in [3.63, 3.8) is 0 Å². The fourth-order valence-corrected chi connectivity index (χ4v) is 5.31. The summed E-state index contributed by atoms with van der Waals surface area (Å²) in [7, 11) is 0. The Kier molecular flexibility index (Phi) is 9.51. The first-order valence-electron chi connectivity index (χ1n) is 14.2. The topological polar surface area (TPSA) is 18.5 Å². The molecule has 0 aliphatic rings. The van der Waals surface area contributed by atoms with Gasteiger partial charge in [-0.05, 0) is 54.8 Å². The van der Waals surface area contributed by atoms with E-state index in [4.69, 9.17) is 9.47 Å². The Morgan fingerprint density at radius 1 is 0.412 bits per heavy atom. The molecule has 0 atom stereocenters. The van der Waals surface area contributed by atoms with Crippen molar-refractivity contribution in [2.75, 3.05) is 0 Å². The van der Waals surface area contributed by atoms with Crippen molar-refractivity contribution in [3.8, 4) is 34.1 Å². The van der Waals surface area contributed by atoms with Crippen LogP contribution in [0.2, 0.25) is 0 Å². The Balaban J connectivity index is 1.57. The number of ether oxygens (including phenoxy) is 2. The molecule has 0 saturated heterocycles. The molecule has 0 N–H and O–H groups in total. The number of hydrogen-bond acceptors (Lipinski definition) is 2. The van der Waals surface area contributed by atoms with Crippen LogP contribution in [0.1, 0.15) is 22.3 Å². The van der Waals surface area contributed by atoms with Crippen molar-refractivity contribution in [1.82, 2.24) is 0 Å². The normalized spacial score (nSPS) is 12.3. The van der Waals surface area contributed by atoms with E-state index in [-0.39, 0.29) is 17.9 Å². The van der Waals surface area contributed by atoms with E-state index in [0.29, 0.717) is 35.4 Å². The van der Waals surface area contributed by atoms with Crippen LogP contribution in [0.3, 0.4) is 0 Å². The standard InChI is InChI=1S/C35H18F14O2/c1-15-6-8-17(9-7-15)33(34(44,45)46,35(47,48)49)18-10-12-19(13-11-18)50-31-27(40)23(36)21(24(37)28(31)41)22-25(38)29(42)32(30(43)26(22)39)51-20-5-3-4-16(2)14-20/h3-14H,1-2H3. The lowest BCUT2D eigenvalue weighted by Gasteiger charge is -2.38. The van der Waals surface area contributed by atoms with E-state index >= 15 is 26.3 Å². The molecular weight excluding hydrogens is 718 g/mol. The molecule has 0 aromatic heterocycles. The first-order chi connectivity index (χ1) is 23.7. The van der Waals surface area contributed by atoms with Crippen molar-refractivity contribution in [2.45, 2.75) is 31.6 Å². The number of aryl methyl sites for hydroxylation is 2. The van der Waals surface area contributed by atoms with Crippen LogP contribution in [0, 0.1) is 60.4 Å². The summed E-state index contributed by atoms with van der Waals surface area (Å²) in [6.45, 7) is 2.94. The first-order valence-corrected chi connectivity index (χ1v) is 14.2. The minimum atomic E-state index is -6.00. The molecule has 0 aliphatic heterocycles.